The minimum atomic E-state index is -0.485. The lowest BCUT2D eigenvalue weighted by molar-refractivity contribution is 0.0993. The lowest BCUT2D eigenvalue weighted by Crippen LogP contribution is -2.11. The number of fused-ring (bicyclic) bond motifs is 2. The van der Waals surface area contributed by atoms with Gasteiger partial charge in [-0.1, -0.05) is 36.4 Å². The highest BCUT2D eigenvalue weighted by molar-refractivity contribution is 6.10. The molecule has 0 aliphatic rings. The van der Waals surface area contributed by atoms with Gasteiger partial charge >= 0.3 is 0 Å². The molecule has 2 aromatic heterocycles. The van der Waals surface area contributed by atoms with Crippen molar-refractivity contribution >= 4 is 45.0 Å². The van der Waals surface area contributed by atoms with Crippen LogP contribution in [0.1, 0.15) is 39.0 Å². The molecule has 10 heteroatoms. The number of rotatable bonds is 10. The number of nitrogens with one attached hydrogen (secondary N) is 2. The van der Waals surface area contributed by atoms with Crippen molar-refractivity contribution < 1.29 is 19.4 Å². The van der Waals surface area contributed by atoms with Crippen LogP contribution < -0.4 is 22.9 Å². The van der Waals surface area contributed by atoms with Gasteiger partial charge in [-0.3, -0.25) is 9.59 Å². The molecule has 6 rings (SSSR count). The molecule has 0 atom stereocenters. The number of aromatic nitrogens is 2. The highest BCUT2D eigenvalue weighted by Gasteiger charge is 2.16. The number of ether oxygens (including phenoxy) is 1. The molecule has 6 aromatic rings. The second kappa shape index (κ2) is 14.0. The summed E-state index contributed by atoms with van der Waals surface area (Å²) in [6.45, 7) is 3.31. The average molecular weight is 619 g/mol. The van der Waals surface area contributed by atoms with Gasteiger partial charge in [0.1, 0.15) is 0 Å². The van der Waals surface area contributed by atoms with Crippen molar-refractivity contribution in [3.8, 4) is 22.3 Å². The predicted molar refractivity (Wildman–Crippen MR) is 184 cm³/mol. The number of nitrogen functional groups attached to an aromatic ring is 2. The fourth-order valence-electron chi connectivity index (χ4n) is 5.59. The predicted octanol–water partition coefficient (Wildman–Crippen LogP) is 5.15. The second-order valence-electron chi connectivity index (χ2n) is 10.9. The molecule has 46 heavy (non-hydrogen) atoms. The van der Waals surface area contributed by atoms with Crippen LogP contribution in [0.4, 0.5) is 11.4 Å². The number of hydrogen-bond donors (Lipinski definition) is 7. The Kier molecular flexibility index (Phi) is 9.70. The number of primary amides is 2. The minimum absolute atomic E-state index is 0.0341. The fraction of sp³-hybridized carbons (Fsp3) is 0.167. The van der Waals surface area contributed by atoms with Crippen molar-refractivity contribution in [1.29, 1.82) is 0 Å². The number of carbonyl (C=O) groups is 2. The van der Waals surface area contributed by atoms with Crippen LogP contribution in [0.25, 0.3) is 44.1 Å². The number of carbonyl (C=O) groups excluding carboxylic acids is 2. The largest absolute Gasteiger partial charge is 0.399 e. The molecule has 10 nitrogen and oxygen atoms in total. The first-order valence-corrected chi connectivity index (χ1v) is 15.0. The van der Waals surface area contributed by atoms with Crippen molar-refractivity contribution in [3.63, 3.8) is 0 Å². The average Bonchev–Trinajstić information content (AvgIpc) is 3.65. The van der Waals surface area contributed by atoms with Gasteiger partial charge in [0.05, 0.1) is 28.8 Å². The molecular formula is C36H38N6O4. The van der Waals surface area contributed by atoms with E-state index in [0.717, 1.165) is 56.4 Å². The normalized spacial score (nSPS) is 11.0. The molecule has 0 saturated carbocycles. The SMILES string of the molecule is CCOCCc1cc2c(-c3cccc(N)c3)ccc(C(N)=O)c2[nH]1.NC(=O)c1ccc(-c2cccc(N)c2)c2cc(CCO)[nH]c12. The maximum Gasteiger partial charge on any atom is 0.250 e. The summed E-state index contributed by atoms with van der Waals surface area (Å²) < 4.78 is 5.41. The fourth-order valence-corrected chi connectivity index (χ4v) is 5.59. The number of benzene rings is 4. The van der Waals surface area contributed by atoms with E-state index in [9.17, 15) is 9.59 Å². The van der Waals surface area contributed by atoms with E-state index in [-0.39, 0.29) is 6.61 Å². The van der Waals surface area contributed by atoms with Gasteiger partial charge in [0.25, 0.3) is 11.8 Å². The van der Waals surface area contributed by atoms with Gasteiger partial charge in [0.2, 0.25) is 0 Å². The molecular weight excluding hydrogens is 580 g/mol. The molecule has 0 fully saturated rings. The molecule has 2 heterocycles. The third kappa shape index (κ3) is 6.88. The van der Waals surface area contributed by atoms with E-state index in [2.05, 4.69) is 16.0 Å². The smallest absolute Gasteiger partial charge is 0.250 e. The summed E-state index contributed by atoms with van der Waals surface area (Å²) in [4.78, 5) is 29.9. The van der Waals surface area contributed by atoms with Crippen molar-refractivity contribution in [3.05, 3.63) is 107 Å². The second-order valence-corrected chi connectivity index (χ2v) is 10.9. The van der Waals surface area contributed by atoms with E-state index in [0.29, 0.717) is 47.7 Å². The highest BCUT2D eigenvalue weighted by atomic mass is 16.5. The Hall–Kier alpha value is -5.58. The first kappa shape index (κ1) is 31.8. The van der Waals surface area contributed by atoms with Crippen molar-refractivity contribution in [1.82, 2.24) is 9.97 Å². The molecule has 0 aliphatic heterocycles. The number of hydrogen-bond acceptors (Lipinski definition) is 6. The molecule has 236 valence electrons. The molecule has 0 bridgehead atoms. The maximum absolute atomic E-state index is 11.7. The van der Waals surface area contributed by atoms with Gasteiger partial charge in [-0.2, -0.15) is 0 Å². The Labute approximate surface area is 266 Å². The Bertz CT molecular complexity index is 2030. The lowest BCUT2D eigenvalue weighted by Gasteiger charge is -2.07. The van der Waals surface area contributed by atoms with Gasteiger partial charge in [0.15, 0.2) is 0 Å². The maximum atomic E-state index is 11.7. The van der Waals surface area contributed by atoms with Crippen LogP contribution in [0.15, 0.2) is 84.9 Å². The van der Waals surface area contributed by atoms with E-state index in [4.69, 9.17) is 32.8 Å². The zero-order chi connectivity index (χ0) is 32.8. The summed E-state index contributed by atoms with van der Waals surface area (Å²) in [5.41, 5.74) is 32.3. The minimum Gasteiger partial charge on any atom is -0.399 e. The molecule has 0 unspecified atom stereocenters. The van der Waals surface area contributed by atoms with Crippen LogP contribution in [0, 0.1) is 0 Å². The summed E-state index contributed by atoms with van der Waals surface area (Å²) in [7, 11) is 0. The standard InChI is InChI=1S/C19H21N3O2.C17H17N3O2/c1-2-24-9-8-14-11-17-15(12-4-3-5-13(20)10-12)6-7-16(19(21)23)18(17)22-14;18-11-3-1-2-10(8-11)13-4-5-14(17(19)22)16-15(13)9-12(20-16)6-7-21/h3-7,10-11,22H,2,8-9,20H2,1H3,(H2,21,23);1-5,8-9,20-21H,6-7,18H2,(H2,19,22). The van der Waals surface area contributed by atoms with Crippen LogP contribution in [-0.2, 0) is 17.6 Å². The van der Waals surface area contributed by atoms with Crippen molar-refractivity contribution in [2.45, 2.75) is 19.8 Å². The zero-order valence-electron chi connectivity index (χ0n) is 25.6. The number of H-pyrrole nitrogens is 2. The highest BCUT2D eigenvalue weighted by Crippen LogP contribution is 2.34. The Balaban J connectivity index is 0.000000182. The Morgan fingerprint density at radius 1 is 0.696 bits per heavy atom. The van der Waals surface area contributed by atoms with E-state index >= 15 is 0 Å². The van der Waals surface area contributed by atoms with Crippen molar-refractivity contribution in [2.24, 2.45) is 11.5 Å². The van der Waals surface area contributed by atoms with Crippen molar-refractivity contribution in [2.75, 3.05) is 31.3 Å². The van der Waals surface area contributed by atoms with Crippen LogP contribution in [0.5, 0.6) is 0 Å². The number of amides is 2. The lowest BCUT2D eigenvalue weighted by atomic mass is 9.98. The molecule has 0 radical (unpaired) electrons. The monoisotopic (exact) mass is 618 g/mol. The molecule has 0 spiro atoms. The van der Waals surface area contributed by atoms with Crippen LogP contribution >= 0.6 is 0 Å². The molecule has 2 amide bonds. The number of nitrogens with two attached hydrogens (primary N) is 4. The van der Waals surface area contributed by atoms with E-state index in [1.54, 1.807) is 12.1 Å². The van der Waals surface area contributed by atoms with E-state index in [1.165, 1.54) is 0 Å². The van der Waals surface area contributed by atoms with Gasteiger partial charge in [0, 0.05) is 59.6 Å². The van der Waals surface area contributed by atoms with Gasteiger partial charge in [-0.05, 0) is 77.7 Å². The number of anilines is 2. The quantitative estimate of drug-likeness (QED) is 0.0818. The first-order chi connectivity index (χ1) is 22.2. The van der Waals surface area contributed by atoms with Crippen LogP contribution in [-0.4, -0.2) is 46.7 Å². The molecule has 4 aromatic carbocycles. The summed E-state index contributed by atoms with van der Waals surface area (Å²) in [5.74, 6) is -0.932. The summed E-state index contributed by atoms with van der Waals surface area (Å²) in [5, 5.41) is 11.0. The summed E-state index contributed by atoms with van der Waals surface area (Å²) >= 11 is 0. The Morgan fingerprint density at radius 2 is 1.17 bits per heavy atom. The third-order valence-corrected chi connectivity index (χ3v) is 7.73. The van der Waals surface area contributed by atoms with E-state index in [1.807, 2.05) is 73.7 Å². The summed E-state index contributed by atoms with van der Waals surface area (Å²) in [6, 6.07) is 26.5. The molecule has 0 aliphatic carbocycles. The van der Waals surface area contributed by atoms with Gasteiger partial charge in [-0.25, -0.2) is 0 Å². The van der Waals surface area contributed by atoms with Gasteiger partial charge < -0.3 is 42.7 Å². The van der Waals surface area contributed by atoms with Gasteiger partial charge in [-0.15, -0.1) is 0 Å². The number of aromatic amines is 2. The summed E-state index contributed by atoms with van der Waals surface area (Å²) in [6.07, 6.45) is 1.24. The molecule has 11 N–H and O–H groups in total. The van der Waals surface area contributed by atoms with Crippen LogP contribution in [0.3, 0.4) is 0 Å². The topological polar surface area (TPSA) is 199 Å². The Morgan fingerprint density at radius 3 is 1.59 bits per heavy atom. The zero-order valence-corrected chi connectivity index (χ0v) is 25.6. The number of aliphatic hydroxyl groups is 1. The van der Waals surface area contributed by atoms with E-state index < -0.39 is 11.8 Å². The molecule has 0 saturated heterocycles. The first-order valence-electron chi connectivity index (χ1n) is 15.0. The third-order valence-electron chi connectivity index (χ3n) is 7.73. The number of aliphatic hydroxyl groups excluding tert-OH is 1. The van der Waals surface area contributed by atoms with Crippen LogP contribution in [0.2, 0.25) is 0 Å².